The molecule has 12 nitrogen and oxygen atoms in total. The molecule has 1 aromatic carbocycles. The second kappa shape index (κ2) is 12.4. The van der Waals surface area contributed by atoms with Crippen LogP contribution in [0.1, 0.15) is 76.6 Å². The SMILES string of the molecule is CC.COc1[nH]ncc1-n1cc2c(-c3nc(-c4cc5cn(C)nc5nc4C(C)C)n(C)c3C3CC3)cccc2n1.O=C(O)C1CC1. The van der Waals surface area contributed by atoms with Crippen molar-refractivity contribution < 1.29 is 14.6 Å². The molecule has 0 saturated heterocycles. The summed E-state index contributed by atoms with van der Waals surface area (Å²) in [5.74, 6) is 1.61. The summed E-state index contributed by atoms with van der Waals surface area (Å²) >= 11 is 0. The zero-order valence-electron chi connectivity index (χ0n) is 27.4. The van der Waals surface area contributed by atoms with Crippen LogP contribution < -0.4 is 4.74 Å². The van der Waals surface area contributed by atoms with Crippen LogP contribution >= 0.6 is 0 Å². The minimum Gasteiger partial charge on any atom is -0.481 e. The van der Waals surface area contributed by atoms with Crippen LogP contribution in [0.3, 0.4) is 0 Å². The summed E-state index contributed by atoms with van der Waals surface area (Å²) in [6.45, 7) is 8.34. The maximum atomic E-state index is 9.76. The van der Waals surface area contributed by atoms with Gasteiger partial charge in [-0.15, -0.1) is 0 Å². The number of carbonyl (C=O) groups is 1. The number of nitrogens with zero attached hydrogens (tertiary/aromatic N) is 8. The number of aromatic nitrogens is 9. The Morgan fingerprint density at radius 2 is 1.80 bits per heavy atom. The molecule has 0 unspecified atom stereocenters. The highest BCUT2D eigenvalue weighted by molar-refractivity contribution is 5.95. The van der Waals surface area contributed by atoms with Crippen molar-refractivity contribution in [2.45, 2.75) is 65.2 Å². The monoisotopic (exact) mass is 623 g/mol. The minimum atomic E-state index is -0.630. The Balaban J connectivity index is 0.000000413. The molecule has 2 saturated carbocycles. The number of benzene rings is 1. The first kappa shape index (κ1) is 31.0. The number of hydrogen-bond donors (Lipinski definition) is 2. The van der Waals surface area contributed by atoms with Crippen LogP contribution in [0, 0.1) is 5.92 Å². The fraction of sp³-hybridized carbons (Fsp3) is 0.412. The topological polar surface area (TPSA) is 142 Å². The van der Waals surface area contributed by atoms with Crippen molar-refractivity contribution in [2.24, 2.45) is 20.0 Å². The van der Waals surface area contributed by atoms with Crippen molar-refractivity contribution in [2.75, 3.05) is 7.11 Å². The number of H-pyrrole nitrogens is 1. The molecule has 0 amide bonds. The maximum Gasteiger partial charge on any atom is 0.306 e. The van der Waals surface area contributed by atoms with Crippen molar-refractivity contribution in [3.8, 4) is 34.2 Å². The van der Waals surface area contributed by atoms with E-state index in [0.717, 1.165) is 68.8 Å². The van der Waals surface area contributed by atoms with E-state index in [4.69, 9.17) is 24.9 Å². The van der Waals surface area contributed by atoms with Crippen LogP contribution in [0.25, 0.3) is 50.3 Å². The molecule has 0 radical (unpaired) electrons. The molecule has 0 atom stereocenters. The molecule has 2 aliphatic carbocycles. The number of fused-ring (bicyclic) bond motifs is 2. The molecule has 5 aromatic heterocycles. The van der Waals surface area contributed by atoms with Crippen molar-refractivity contribution in [1.82, 2.24) is 44.3 Å². The third-order valence-electron chi connectivity index (χ3n) is 8.30. The molecule has 0 spiro atoms. The van der Waals surface area contributed by atoms with Crippen molar-refractivity contribution in [3.05, 3.63) is 54.2 Å². The van der Waals surface area contributed by atoms with Gasteiger partial charge >= 0.3 is 5.97 Å². The van der Waals surface area contributed by atoms with Gasteiger partial charge in [-0.25, -0.2) is 19.7 Å². The molecule has 46 heavy (non-hydrogen) atoms. The zero-order chi connectivity index (χ0) is 32.7. The molecular weight excluding hydrogens is 582 g/mol. The molecule has 2 N–H and O–H groups in total. The quantitative estimate of drug-likeness (QED) is 0.202. The van der Waals surface area contributed by atoms with Gasteiger partial charge in [0.1, 0.15) is 11.5 Å². The number of pyridine rings is 1. The van der Waals surface area contributed by atoms with Gasteiger partial charge in [0, 0.05) is 60.0 Å². The number of carboxylic acid groups (broad SMARTS) is 1. The predicted octanol–water partition coefficient (Wildman–Crippen LogP) is 6.61. The van der Waals surface area contributed by atoms with Gasteiger partial charge in [-0.05, 0) is 43.7 Å². The molecule has 2 aliphatic rings. The van der Waals surface area contributed by atoms with Crippen LogP contribution in [-0.2, 0) is 18.9 Å². The van der Waals surface area contributed by atoms with Gasteiger partial charge in [-0.3, -0.25) is 9.48 Å². The van der Waals surface area contributed by atoms with Crippen LogP contribution in [0.5, 0.6) is 5.88 Å². The number of aryl methyl sites for hydroxylation is 1. The van der Waals surface area contributed by atoms with E-state index >= 15 is 0 Å². The number of aliphatic carboxylic acids is 1. The number of methoxy groups -OCH3 is 1. The smallest absolute Gasteiger partial charge is 0.306 e. The Bertz CT molecular complexity index is 2020. The molecular formula is C34H41N9O3. The van der Waals surface area contributed by atoms with Gasteiger partial charge in [0.05, 0.1) is 36.1 Å². The maximum absolute atomic E-state index is 9.76. The van der Waals surface area contributed by atoms with Crippen LogP contribution in [0.2, 0.25) is 0 Å². The molecule has 0 aliphatic heterocycles. The summed E-state index contributed by atoms with van der Waals surface area (Å²) in [5, 5.41) is 26.5. The fourth-order valence-electron chi connectivity index (χ4n) is 5.77. The highest BCUT2D eigenvalue weighted by Gasteiger charge is 2.33. The van der Waals surface area contributed by atoms with E-state index in [9.17, 15) is 4.79 Å². The van der Waals surface area contributed by atoms with E-state index in [1.54, 1.807) is 13.3 Å². The number of nitrogens with one attached hydrogen (secondary N) is 1. The standard InChI is InChI=1S/C28H29N9O.C4H6O2.C2H6/c1-15(2)23-19(11-17-13-35(3)34-26(17)30-23)27-31-24(25(36(27)4)16-9-10-16)18-7-6-8-21-20(18)14-37(33-21)22-12-29-32-28(22)38-5;5-4(6)3-1-2-3;1-2/h6-8,11-16H,9-10H2,1-5H3,(H,29,32);3H,1-2H2,(H,5,6);1-2H3. The van der Waals surface area contributed by atoms with Gasteiger partial charge in [0.25, 0.3) is 0 Å². The minimum absolute atomic E-state index is 0.0185. The van der Waals surface area contributed by atoms with Gasteiger partial charge in [-0.1, -0.05) is 39.8 Å². The van der Waals surface area contributed by atoms with Crippen molar-refractivity contribution in [3.63, 3.8) is 0 Å². The highest BCUT2D eigenvalue weighted by atomic mass is 16.5. The molecule has 6 aromatic rings. The lowest BCUT2D eigenvalue weighted by Crippen LogP contribution is -2.03. The lowest BCUT2D eigenvalue weighted by atomic mass is 10.0. The number of imidazole rings is 1. The Labute approximate surface area is 267 Å². The van der Waals surface area contributed by atoms with Gasteiger partial charge in [0.15, 0.2) is 5.65 Å². The van der Waals surface area contributed by atoms with E-state index in [1.165, 1.54) is 18.5 Å². The number of ether oxygens (including phenoxy) is 1. The van der Waals surface area contributed by atoms with Crippen molar-refractivity contribution in [1.29, 1.82) is 0 Å². The van der Waals surface area contributed by atoms with Gasteiger partial charge in [-0.2, -0.15) is 15.3 Å². The van der Waals surface area contributed by atoms with Gasteiger partial charge in [0.2, 0.25) is 5.88 Å². The number of aromatic amines is 1. The van der Waals surface area contributed by atoms with Gasteiger partial charge < -0.3 is 14.4 Å². The normalized spacial score (nSPS) is 14.3. The summed E-state index contributed by atoms with van der Waals surface area (Å²) < 4.78 is 11.3. The Kier molecular flexibility index (Phi) is 8.37. The molecule has 0 bridgehead atoms. The van der Waals surface area contributed by atoms with E-state index in [1.807, 2.05) is 48.7 Å². The largest absolute Gasteiger partial charge is 0.481 e. The third-order valence-corrected chi connectivity index (χ3v) is 8.30. The average Bonchev–Trinajstić information content (AvgIpc) is 3.90. The molecule has 2 fully saturated rings. The first-order chi connectivity index (χ1) is 22.2. The molecule has 12 heteroatoms. The third kappa shape index (κ3) is 5.75. The zero-order valence-corrected chi connectivity index (χ0v) is 27.4. The van der Waals surface area contributed by atoms with E-state index in [0.29, 0.717) is 11.8 Å². The first-order valence-electron chi connectivity index (χ1n) is 15.9. The predicted molar refractivity (Wildman–Crippen MR) is 177 cm³/mol. The summed E-state index contributed by atoms with van der Waals surface area (Å²) in [4.78, 5) is 20.1. The summed E-state index contributed by atoms with van der Waals surface area (Å²) in [6.07, 6.45) is 9.90. The lowest BCUT2D eigenvalue weighted by molar-refractivity contribution is -0.138. The Hall–Kier alpha value is -5.00. The second-order valence-corrected chi connectivity index (χ2v) is 12.0. The highest BCUT2D eigenvalue weighted by Crippen LogP contribution is 2.47. The Morgan fingerprint density at radius 1 is 1.04 bits per heavy atom. The molecule has 5 heterocycles. The lowest BCUT2D eigenvalue weighted by Gasteiger charge is -2.12. The van der Waals surface area contributed by atoms with E-state index < -0.39 is 5.97 Å². The fourth-order valence-corrected chi connectivity index (χ4v) is 5.77. The van der Waals surface area contributed by atoms with Crippen molar-refractivity contribution >= 4 is 27.9 Å². The number of hydrogen-bond acceptors (Lipinski definition) is 7. The Morgan fingerprint density at radius 3 is 2.43 bits per heavy atom. The molecule has 240 valence electrons. The summed E-state index contributed by atoms with van der Waals surface area (Å²) in [5.41, 5.74) is 7.83. The summed E-state index contributed by atoms with van der Waals surface area (Å²) in [7, 11) is 5.68. The number of carboxylic acids is 1. The van der Waals surface area contributed by atoms with Crippen LogP contribution in [0.15, 0.2) is 42.9 Å². The van der Waals surface area contributed by atoms with Crippen LogP contribution in [0.4, 0.5) is 0 Å². The van der Waals surface area contributed by atoms with E-state index in [2.05, 4.69) is 59.0 Å². The second-order valence-electron chi connectivity index (χ2n) is 12.0. The first-order valence-corrected chi connectivity index (χ1v) is 15.9. The van der Waals surface area contributed by atoms with Crippen LogP contribution in [-0.4, -0.2) is 62.5 Å². The molecule has 8 rings (SSSR count). The summed E-state index contributed by atoms with van der Waals surface area (Å²) in [6, 6.07) is 8.41. The number of rotatable bonds is 7. The van der Waals surface area contributed by atoms with E-state index in [-0.39, 0.29) is 11.8 Å². The average molecular weight is 624 g/mol.